The Kier molecular flexibility index (Phi) is 4.69. The first-order valence-corrected chi connectivity index (χ1v) is 6.09. The summed E-state index contributed by atoms with van der Waals surface area (Å²) in [5.41, 5.74) is -2.72. The number of aliphatic carboxylic acids is 2. The minimum atomic E-state index is -2.02. The Balaban J connectivity index is 2.72. The van der Waals surface area contributed by atoms with E-state index in [1.165, 1.54) is 0 Å². The van der Waals surface area contributed by atoms with Crippen molar-refractivity contribution in [3.8, 4) is 0 Å². The lowest BCUT2D eigenvalue weighted by Gasteiger charge is -2.32. The third kappa shape index (κ3) is 3.56. The summed E-state index contributed by atoms with van der Waals surface area (Å²) in [4.78, 5) is 33.5. The van der Waals surface area contributed by atoms with Crippen molar-refractivity contribution < 1.29 is 29.3 Å². The average Bonchev–Trinajstić information content (AvgIpc) is 2.79. The van der Waals surface area contributed by atoms with Crippen LogP contribution in [-0.4, -0.2) is 24.0 Å². The average molecular weight is 268 g/mol. The molecule has 0 heterocycles. The molecule has 0 radical (unpaired) electrons. The van der Waals surface area contributed by atoms with E-state index in [9.17, 15) is 24.6 Å². The van der Waals surface area contributed by atoms with Crippen LogP contribution in [0.3, 0.4) is 0 Å². The maximum absolute atomic E-state index is 11.7. The largest absolute Gasteiger partial charge is 0.549 e. The molecule has 6 heteroatoms. The zero-order valence-corrected chi connectivity index (χ0v) is 10.8. The molecule has 0 aromatic heterocycles. The molecule has 0 aliphatic heterocycles. The van der Waals surface area contributed by atoms with Gasteiger partial charge in [0, 0.05) is 5.41 Å². The number of carbonyl (C=O) groups excluding carboxylic acids is 3. The van der Waals surface area contributed by atoms with Gasteiger partial charge in [0.2, 0.25) is 0 Å². The summed E-state index contributed by atoms with van der Waals surface area (Å²) in [7, 11) is 0. The van der Waals surface area contributed by atoms with Gasteiger partial charge in [0.05, 0.1) is 18.4 Å². The first-order valence-electron chi connectivity index (χ1n) is 6.09. The van der Waals surface area contributed by atoms with Gasteiger partial charge in [0.15, 0.2) is 0 Å². The van der Waals surface area contributed by atoms with Crippen molar-refractivity contribution in [2.24, 2.45) is 5.41 Å². The summed E-state index contributed by atoms with van der Waals surface area (Å²) < 4.78 is 5.10. The van der Waals surface area contributed by atoms with Crippen molar-refractivity contribution in [1.29, 1.82) is 0 Å². The maximum Gasteiger partial charge on any atom is 0.307 e. The quantitative estimate of drug-likeness (QED) is 0.448. The second kappa shape index (κ2) is 5.86. The van der Waals surface area contributed by atoms with E-state index in [2.05, 4.69) is 6.58 Å². The highest BCUT2D eigenvalue weighted by molar-refractivity contribution is 5.96. The van der Waals surface area contributed by atoms with Crippen LogP contribution in [0.25, 0.3) is 0 Å². The summed E-state index contributed by atoms with van der Waals surface area (Å²) in [6, 6.07) is 0. The monoisotopic (exact) mass is 268 g/mol. The van der Waals surface area contributed by atoms with E-state index >= 15 is 0 Å². The summed E-state index contributed by atoms with van der Waals surface area (Å²) in [5.74, 6) is -4.17. The fourth-order valence-corrected chi connectivity index (χ4v) is 2.05. The van der Waals surface area contributed by atoms with Gasteiger partial charge < -0.3 is 24.5 Å². The first kappa shape index (κ1) is 15.2. The highest BCUT2D eigenvalue weighted by Crippen LogP contribution is 2.31. The Morgan fingerprint density at radius 1 is 1.26 bits per heavy atom. The molecule has 1 atom stereocenters. The van der Waals surface area contributed by atoms with E-state index < -0.39 is 35.3 Å². The Morgan fingerprint density at radius 2 is 1.79 bits per heavy atom. The van der Waals surface area contributed by atoms with Crippen molar-refractivity contribution in [2.75, 3.05) is 0 Å². The molecule has 0 N–H and O–H groups in total. The second-order valence-electron chi connectivity index (χ2n) is 4.96. The molecule has 1 unspecified atom stereocenters. The lowest BCUT2D eigenvalue weighted by molar-refractivity contribution is -0.321. The van der Waals surface area contributed by atoms with Gasteiger partial charge in [-0.2, -0.15) is 0 Å². The van der Waals surface area contributed by atoms with Gasteiger partial charge in [-0.05, 0) is 38.2 Å². The Labute approximate surface area is 111 Å². The van der Waals surface area contributed by atoms with Gasteiger partial charge in [-0.1, -0.05) is 6.58 Å². The Morgan fingerprint density at radius 3 is 2.21 bits per heavy atom. The van der Waals surface area contributed by atoms with Crippen LogP contribution < -0.4 is 10.2 Å². The third-order valence-corrected chi connectivity index (χ3v) is 3.46. The molecule has 0 amide bonds. The van der Waals surface area contributed by atoms with Crippen molar-refractivity contribution in [1.82, 2.24) is 0 Å². The van der Waals surface area contributed by atoms with Crippen LogP contribution in [0, 0.1) is 5.41 Å². The van der Waals surface area contributed by atoms with E-state index in [1.54, 1.807) is 0 Å². The van der Waals surface area contributed by atoms with Crippen molar-refractivity contribution in [2.45, 2.75) is 45.1 Å². The molecule has 1 rings (SSSR count). The maximum atomic E-state index is 11.7. The fourth-order valence-electron chi connectivity index (χ4n) is 2.05. The van der Waals surface area contributed by atoms with Crippen LogP contribution in [0.15, 0.2) is 12.2 Å². The van der Waals surface area contributed by atoms with Gasteiger partial charge >= 0.3 is 5.97 Å². The molecular weight excluding hydrogens is 252 g/mol. The van der Waals surface area contributed by atoms with Crippen LogP contribution in [0.5, 0.6) is 0 Å². The van der Waals surface area contributed by atoms with Crippen LogP contribution in [0.4, 0.5) is 0 Å². The lowest BCUT2D eigenvalue weighted by Crippen LogP contribution is -2.47. The van der Waals surface area contributed by atoms with E-state index in [-0.39, 0.29) is 6.10 Å². The minimum absolute atomic E-state index is 0.213. The number of ether oxygens (including phenoxy) is 1. The first-order chi connectivity index (χ1) is 8.77. The van der Waals surface area contributed by atoms with E-state index in [0.29, 0.717) is 0 Å². The summed E-state index contributed by atoms with van der Waals surface area (Å²) in [6.07, 6.45) is 2.57. The number of carbonyl (C=O) groups is 3. The van der Waals surface area contributed by atoms with Gasteiger partial charge in [0.25, 0.3) is 0 Å². The van der Waals surface area contributed by atoms with Crippen LogP contribution >= 0.6 is 0 Å². The summed E-state index contributed by atoms with van der Waals surface area (Å²) in [5, 5.41) is 21.8. The van der Waals surface area contributed by atoms with Crippen LogP contribution in [0.2, 0.25) is 0 Å². The molecular formula is C13H16O6-2. The number of carboxylic acid groups (broad SMARTS) is 2. The summed E-state index contributed by atoms with van der Waals surface area (Å²) >= 11 is 0. The molecule has 19 heavy (non-hydrogen) atoms. The second-order valence-corrected chi connectivity index (χ2v) is 4.96. The fraction of sp³-hybridized carbons (Fsp3) is 0.615. The van der Waals surface area contributed by atoms with Crippen molar-refractivity contribution >= 4 is 17.9 Å². The molecule has 0 aromatic carbocycles. The smallest absolute Gasteiger partial charge is 0.307 e. The lowest BCUT2D eigenvalue weighted by atomic mass is 9.80. The number of rotatable bonds is 6. The molecule has 0 saturated heterocycles. The van der Waals surface area contributed by atoms with E-state index in [0.717, 1.165) is 32.6 Å². The molecule has 0 aromatic rings. The molecule has 1 aliphatic rings. The molecule has 1 saturated carbocycles. The Bertz CT molecular complexity index is 407. The van der Waals surface area contributed by atoms with E-state index in [4.69, 9.17) is 4.74 Å². The third-order valence-electron chi connectivity index (χ3n) is 3.46. The molecule has 6 nitrogen and oxygen atoms in total. The molecule has 1 aliphatic carbocycles. The zero-order valence-electron chi connectivity index (χ0n) is 10.8. The number of hydrogen-bond donors (Lipinski definition) is 0. The number of hydrogen-bond acceptors (Lipinski definition) is 6. The van der Waals surface area contributed by atoms with Crippen molar-refractivity contribution in [3.63, 3.8) is 0 Å². The molecule has 106 valence electrons. The molecule has 1 fully saturated rings. The predicted molar refractivity (Wildman–Crippen MR) is 60.2 cm³/mol. The normalized spacial score (nSPS) is 18.6. The highest BCUT2D eigenvalue weighted by atomic mass is 16.5. The van der Waals surface area contributed by atoms with E-state index in [1.807, 2.05) is 0 Å². The highest BCUT2D eigenvalue weighted by Gasteiger charge is 2.34. The molecule has 0 bridgehead atoms. The van der Waals surface area contributed by atoms with Gasteiger partial charge in [-0.3, -0.25) is 4.79 Å². The zero-order chi connectivity index (χ0) is 14.6. The Hall–Kier alpha value is -1.85. The number of esters is 1. The van der Waals surface area contributed by atoms with Gasteiger partial charge in [-0.15, -0.1) is 0 Å². The minimum Gasteiger partial charge on any atom is -0.549 e. The molecule has 0 spiro atoms. The SMILES string of the molecule is C=C(C(=O)[O-])C(C)(CC(=O)OC1CCCC1)C(=O)[O-]. The van der Waals surface area contributed by atoms with Gasteiger partial charge in [0.1, 0.15) is 6.10 Å². The topological polar surface area (TPSA) is 107 Å². The van der Waals surface area contributed by atoms with Crippen LogP contribution in [-0.2, 0) is 19.1 Å². The van der Waals surface area contributed by atoms with Crippen molar-refractivity contribution in [3.05, 3.63) is 12.2 Å². The van der Waals surface area contributed by atoms with Gasteiger partial charge in [-0.25, -0.2) is 0 Å². The number of carboxylic acids is 2. The standard InChI is InChI=1S/C13H18O6/c1-8(11(15)16)13(2,12(17)18)7-10(14)19-9-5-3-4-6-9/h9H,1,3-7H2,2H3,(H,15,16)(H,17,18)/p-2. The van der Waals surface area contributed by atoms with Crippen LogP contribution in [0.1, 0.15) is 39.0 Å². The summed E-state index contributed by atoms with van der Waals surface area (Å²) in [6.45, 7) is 4.21. The predicted octanol–water partition coefficient (Wildman–Crippen LogP) is -1.08.